The van der Waals surface area contributed by atoms with E-state index < -0.39 is 6.10 Å². The molecule has 0 unspecified atom stereocenters. The van der Waals surface area contributed by atoms with Crippen LogP contribution in [0.2, 0.25) is 0 Å². The van der Waals surface area contributed by atoms with Gasteiger partial charge in [-0.15, -0.1) is 0 Å². The first kappa shape index (κ1) is 13.3. The third-order valence-corrected chi connectivity index (χ3v) is 3.07. The summed E-state index contributed by atoms with van der Waals surface area (Å²) in [4.78, 5) is 12.1. The van der Waals surface area contributed by atoms with Gasteiger partial charge < -0.3 is 19.5 Å². The molecule has 0 aliphatic carbocycles. The van der Waals surface area contributed by atoms with Gasteiger partial charge in [0.1, 0.15) is 5.75 Å². The van der Waals surface area contributed by atoms with Gasteiger partial charge in [0.2, 0.25) is 6.79 Å². The topological polar surface area (TPSA) is 56.8 Å². The highest BCUT2D eigenvalue weighted by molar-refractivity contribution is 5.94. The molecule has 108 valence electrons. The summed E-state index contributed by atoms with van der Waals surface area (Å²) in [5.74, 6) is 1.74. The Morgan fingerprint density at radius 1 is 1.14 bits per heavy atom. The van der Waals surface area contributed by atoms with Gasteiger partial charge in [0, 0.05) is 11.8 Å². The van der Waals surface area contributed by atoms with Crippen LogP contribution >= 0.6 is 0 Å². The van der Waals surface area contributed by atoms with Crippen molar-refractivity contribution in [3.8, 4) is 17.2 Å². The second kappa shape index (κ2) is 5.75. The van der Waals surface area contributed by atoms with E-state index in [2.05, 4.69) is 5.32 Å². The van der Waals surface area contributed by atoms with E-state index in [1.54, 1.807) is 25.1 Å². The van der Waals surface area contributed by atoms with Crippen molar-refractivity contribution in [1.82, 2.24) is 0 Å². The Morgan fingerprint density at radius 2 is 1.90 bits per heavy atom. The van der Waals surface area contributed by atoms with E-state index in [-0.39, 0.29) is 12.7 Å². The lowest BCUT2D eigenvalue weighted by molar-refractivity contribution is -0.122. The number of nitrogens with one attached hydrogen (secondary N) is 1. The minimum absolute atomic E-state index is 0.209. The Morgan fingerprint density at radius 3 is 2.71 bits per heavy atom. The maximum atomic E-state index is 12.1. The Bertz CT molecular complexity index is 642. The number of carbonyl (C=O) groups is 1. The molecule has 1 N–H and O–H groups in total. The van der Waals surface area contributed by atoms with Crippen LogP contribution in [0.25, 0.3) is 0 Å². The first-order valence-electron chi connectivity index (χ1n) is 6.64. The molecule has 5 nitrogen and oxygen atoms in total. The third kappa shape index (κ3) is 3.08. The number of anilines is 1. The van der Waals surface area contributed by atoms with Gasteiger partial charge in [0.15, 0.2) is 17.6 Å². The fourth-order valence-corrected chi connectivity index (χ4v) is 1.97. The number of amides is 1. The van der Waals surface area contributed by atoms with Gasteiger partial charge in [-0.05, 0) is 31.2 Å². The van der Waals surface area contributed by atoms with Crippen LogP contribution in [0, 0.1) is 0 Å². The van der Waals surface area contributed by atoms with Crippen LogP contribution < -0.4 is 19.5 Å². The summed E-state index contributed by atoms with van der Waals surface area (Å²) in [6, 6.07) is 14.5. The molecule has 0 spiro atoms. The number of carbonyl (C=O) groups excluding carboxylic acids is 1. The van der Waals surface area contributed by atoms with Crippen molar-refractivity contribution in [3.05, 3.63) is 48.5 Å². The first-order valence-corrected chi connectivity index (χ1v) is 6.64. The average Bonchev–Trinajstić information content (AvgIpc) is 2.95. The maximum Gasteiger partial charge on any atom is 0.265 e. The predicted molar refractivity (Wildman–Crippen MR) is 77.7 cm³/mol. The van der Waals surface area contributed by atoms with Gasteiger partial charge in [-0.1, -0.05) is 18.2 Å². The van der Waals surface area contributed by atoms with Crippen molar-refractivity contribution < 1.29 is 19.0 Å². The van der Waals surface area contributed by atoms with E-state index in [4.69, 9.17) is 14.2 Å². The Kier molecular flexibility index (Phi) is 3.64. The van der Waals surface area contributed by atoms with E-state index in [1.165, 1.54) is 0 Å². The highest BCUT2D eigenvalue weighted by atomic mass is 16.7. The van der Waals surface area contributed by atoms with Crippen LogP contribution in [0.15, 0.2) is 48.5 Å². The summed E-state index contributed by atoms with van der Waals surface area (Å²) in [5.41, 5.74) is 0.646. The van der Waals surface area contributed by atoms with Crippen LogP contribution in [-0.4, -0.2) is 18.8 Å². The molecule has 0 aromatic heterocycles. The number of para-hydroxylation sites is 1. The molecule has 1 aliphatic rings. The zero-order valence-corrected chi connectivity index (χ0v) is 11.5. The van der Waals surface area contributed by atoms with Crippen LogP contribution in [-0.2, 0) is 4.79 Å². The van der Waals surface area contributed by atoms with Crippen molar-refractivity contribution in [2.45, 2.75) is 13.0 Å². The number of fused-ring (bicyclic) bond motifs is 1. The number of rotatable bonds is 4. The quantitative estimate of drug-likeness (QED) is 0.938. The van der Waals surface area contributed by atoms with Crippen LogP contribution in [0.1, 0.15) is 6.92 Å². The summed E-state index contributed by atoms with van der Waals surface area (Å²) >= 11 is 0. The number of hydrogen-bond acceptors (Lipinski definition) is 4. The molecule has 0 radical (unpaired) electrons. The van der Waals surface area contributed by atoms with Crippen LogP contribution in [0.3, 0.4) is 0 Å². The highest BCUT2D eigenvalue weighted by Crippen LogP contribution is 2.34. The lowest BCUT2D eigenvalue weighted by Gasteiger charge is -2.14. The van der Waals surface area contributed by atoms with Gasteiger partial charge in [-0.2, -0.15) is 0 Å². The SMILES string of the molecule is C[C@@H](Oc1ccccc1)C(=O)Nc1ccc2c(c1)OCO2. The highest BCUT2D eigenvalue weighted by Gasteiger charge is 2.17. The smallest absolute Gasteiger partial charge is 0.265 e. The van der Waals surface area contributed by atoms with Gasteiger partial charge in [-0.3, -0.25) is 4.79 Å². The normalized spacial score (nSPS) is 13.6. The summed E-state index contributed by atoms with van der Waals surface area (Å²) in [6.45, 7) is 1.91. The minimum Gasteiger partial charge on any atom is -0.481 e. The van der Waals surface area contributed by atoms with E-state index in [0.717, 1.165) is 0 Å². The molecule has 1 atom stereocenters. The molecule has 1 aliphatic heterocycles. The third-order valence-electron chi connectivity index (χ3n) is 3.07. The Hall–Kier alpha value is -2.69. The van der Waals surface area contributed by atoms with E-state index in [1.807, 2.05) is 30.3 Å². The standard InChI is InChI=1S/C16H15NO4/c1-11(21-13-5-3-2-4-6-13)16(18)17-12-7-8-14-15(9-12)20-10-19-14/h2-9,11H,10H2,1H3,(H,17,18)/t11-/m1/s1. The number of ether oxygens (including phenoxy) is 3. The fraction of sp³-hybridized carbons (Fsp3) is 0.188. The molecular formula is C16H15NO4. The summed E-state index contributed by atoms with van der Waals surface area (Å²) in [7, 11) is 0. The van der Waals surface area contributed by atoms with Crippen molar-refractivity contribution in [3.63, 3.8) is 0 Å². The Balaban J connectivity index is 1.63. The Labute approximate surface area is 122 Å². The van der Waals surface area contributed by atoms with Crippen molar-refractivity contribution in [1.29, 1.82) is 0 Å². The molecule has 21 heavy (non-hydrogen) atoms. The molecule has 3 rings (SSSR count). The average molecular weight is 285 g/mol. The molecular weight excluding hydrogens is 270 g/mol. The maximum absolute atomic E-state index is 12.1. The molecule has 0 fully saturated rings. The minimum atomic E-state index is -0.599. The number of benzene rings is 2. The summed E-state index contributed by atoms with van der Waals surface area (Å²) < 4.78 is 16.1. The monoisotopic (exact) mass is 285 g/mol. The van der Waals surface area contributed by atoms with Crippen molar-refractivity contribution in [2.24, 2.45) is 0 Å². The lowest BCUT2D eigenvalue weighted by atomic mass is 10.2. The molecule has 5 heteroatoms. The summed E-state index contributed by atoms with van der Waals surface area (Å²) in [5, 5.41) is 2.79. The van der Waals surface area contributed by atoms with E-state index in [9.17, 15) is 4.79 Å². The van der Waals surface area contributed by atoms with Gasteiger partial charge in [-0.25, -0.2) is 0 Å². The van der Waals surface area contributed by atoms with Crippen LogP contribution in [0.4, 0.5) is 5.69 Å². The van der Waals surface area contributed by atoms with Crippen LogP contribution in [0.5, 0.6) is 17.2 Å². The van der Waals surface area contributed by atoms with Gasteiger partial charge in [0.25, 0.3) is 5.91 Å². The van der Waals surface area contributed by atoms with Gasteiger partial charge >= 0.3 is 0 Å². The second-order valence-corrected chi connectivity index (χ2v) is 4.63. The molecule has 0 saturated heterocycles. The zero-order valence-electron chi connectivity index (χ0n) is 11.5. The predicted octanol–water partition coefficient (Wildman–Crippen LogP) is 2.82. The molecule has 0 saturated carbocycles. The van der Waals surface area contributed by atoms with Gasteiger partial charge in [0.05, 0.1) is 0 Å². The van der Waals surface area contributed by atoms with Crippen molar-refractivity contribution >= 4 is 11.6 Å². The zero-order chi connectivity index (χ0) is 14.7. The fourth-order valence-electron chi connectivity index (χ4n) is 1.97. The molecule has 1 heterocycles. The van der Waals surface area contributed by atoms with E-state index in [0.29, 0.717) is 22.9 Å². The molecule has 0 bridgehead atoms. The second-order valence-electron chi connectivity index (χ2n) is 4.63. The number of hydrogen-bond donors (Lipinski definition) is 1. The largest absolute Gasteiger partial charge is 0.481 e. The van der Waals surface area contributed by atoms with Crippen molar-refractivity contribution in [2.75, 3.05) is 12.1 Å². The van der Waals surface area contributed by atoms with E-state index >= 15 is 0 Å². The summed E-state index contributed by atoms with van der Waals surface area (Å²) in [6.07, 6.45) is -0.599. The lowest BCUT2D eigenvalue weighted by Crippen LogP contribution is -2.30. The molecule has 2 aromatic rings. The first-order chi connectivity index (χ1) is 10.2. The molecule has 2 aromatic carbocycles. The molecule has 1 amide bonds.